The summed E-state index contributed by atoms with van der Waals surface area (Å²) >= 11 is 5.81. The Labute approximate surface area is 265 Å². The summed E-state index contributed by atoms with van der Waals surface area (Å²) < 4.78 is 18.2. The van der Waals surface area contributed by atoms with Crippen molar-refractivity contribution >= 4 is 81.1 Å². The number of rotatable bonds is 8. The molecule has 218 valence electrons. The summed E-state index contributed by atoms with van der Waals surface area (Å²) in [5.74, 6) is 1.97. The van der Waals surface area contributed by atoms with Crippen molar-refractivity contribution in [2.75, 3.05) is 12.4 Å². The lowest BCUT2D eigenvalue weighted by Gasteiger charge is -2.50. The Hall–Kier alpha value is -0.800. The summed E-state index contributed by atoms with van der Waals surface area (Å²) in [6.07, 6.45) is 8.77. The number of aryl methyl sites for hydroxylation is 1. The topological polar surface area (TPSA) is 130 Å². The van der Waals surface area contributed by atoms with Gasteiger partial charge >= 0.3 is 7.82 Å². The molecule has 1 aromatic heterocycles. The Morgan fingerprint density at radius 2 is 2.12 bits per heavy atom. The maximum Gasteiger partial charge on any atom is 0.524 e. The van der Waals surface area contributed by atoms with E-state index in [9.17, 15) is 19.1 Å². The van der Waals surface area contributed by atoms with Gasteiger partial charge in [0.05, 0.1) is 12.9 Å². The van der Waals surface area contributed by atoms with E-state index in [4.69, 9.17) is 9.36 Å². The number of phosphoric acid groups is 1. The SMILES string of the molecule is CO/N=C1\C[C@@H](CCCC(=O)Nc2ncc(C)s2)C2C3CCc4c(cc(I)c(OP(=O)(O)O)c4I)C3CC[C@]12C. The van der Waals surface area contributed by atoms with Gasteiger partial charge in [0.2, 0.25) is 5.91 Å². The van der Waals surface area contributed by atoms with Crippen molar-refractivity contribution in [2.24, 2.45) is 28.3 Å². The standard InChI is InChI=1S/C27H34I2N3O6PS/c1-14-13-30-26(40-14)31-22(33)6-4-5-15-11-21(32-37-3)27(2)10-9-16-17(23(15)27)7-8-18-19(16)12-20(28)25(24(18)29)38-39(34,35)36/h12-13,15-17,23H,4-11H2,1-3H3,(H,30,31,33)(H2,34,35,36)/b32-21+/t15-,16?,17?,23?,27-/m1/s1. The molecule has 9 nitrogen and oxygen atoms in total. The van der Waals surface area contributed by atoms with Crippen molar-refractivity contribution in [2.45, 2.75) is 71.1 Å². The Kier molecular flexibility index (Phi) is 9.24. The molecular formula is C27H34I2N3O6PS. The summed E-state index contributed by atoms with van der Waals surface area (Å²) in [5, 5.41) is 8.11. The molecule has 5 atom stereocenters. The first-order chi connectivity index (χ1) is 18.9. The fourth-order valence-corrected chi connectivity index (χ4v) is 11.2. The number of carbonyl (C=O) groups is 1. The number of phosphoric ester groups is 1. The predicted molar refractivity (Wildman–Crippen MR) is 172 cm³/mol. The Bertz CT molecular complexity index is 1380. The molecule has 0 aliphatic heterocycles. The molecule has 0 saturated heterocycles. The Balaban J connectivity index is 1.37. The maximum atomic E-state index is 12.6. The van der Waals surface area contributed by atoms with E-state index in [2.05, 4.69) is 73.6 Å². The smallest absolute Gasteiger partial charge is 0.402 e. The number of nitrogens with zero attached hydrogens (tertiary/aromatic N) is 2. The van der Waals surface area contributed by atoms with Gasteiger partial charge < -0.3 is 14.7 Å². The summed E-state index contributed by atoms with van der Waals surface area (Å²) in [7, 11) is -3.04. The minimum atomic E-state index is -4.65. The molecule has 1 aromatic carbocycles. The van der Waals surface area contributed by atoms with E-state index in [0.29, 0.717) is 35.2 Å². The van der Waals surface area contributed by atoms with E-state index in [1.807, 2.05) is 6.92 Å². The first kappa shape index (κ1) is 30.7. The highest BCUT2D eigenvalue weighted by molar-refractivity contribution is 14.1. The van der Waals surface area contributed by atoms with Gasteiger partial charge in [-0.1, -0.05) is 12.1 Å². The fourth-order valence-electron chi connectivity index (χ4n) is 7.55. The third kappa shape index (κ3) is 6.13. The average molecular weight is 813 g/mol. The highest BCUT2D eigenvalue weighted by atomic mass is 127. The zero-order chi connectivity index (χ0) is 28.8. The van der Waals surface area contributed by atoms with Gasteiger partial charge in [0.1, 0.15) is 7.11 Å². The fraction of sp³-hybridized carbons (Fsp3) is 0.593. The largest absolute Gasteiger partial charge is 0.524 e. The summed E-state index contributed by atoms with van der Waals surface area (Å²) in [5.41, 5.74) is 3.55. The van der Waals surface area contributed by atoms with Crippen molar-refractivity contribution in [3.8, 4) is 5.75 Å². The van der Waals surface area contributed by atoms with E-state index in [1.54, 1.807) is 13.3 Å². The lowest BCUT2D eigenvalue weighted by atomic mass is 9.54. The number of thiazole rings is 1. The summed E-state index contributed by atoms with van der Waals surface area (Å²) in [6.45, 7) is 4.32. The molecule has 3 unspecified atom stereocenters. The zero-order valence-corrected chi connectivity index (χ0v) is 28.7. The van der Waals surface area contributed by atoms with Crippen LogP contribution in [0, 0.1) is 37.2 Å². The highest BCUT2D eigenvalue weighted by Crippen LogP contribution is 2.63. The number of halogens is 2. The number of hydrogen-bond acceptors (Lipinski definition) is 7. The molecule has 2 saturated carbocycles. The second-order valence-corrected chi connectivity index (χ2v) is 16.0. The predicted octanol–water partition coefficient (Wildman–Crippen LogP) is 7.03. The number of oxime groups is 1. The number of nitrogens with one attached hydrogen (secondary N) is 1. The third-order valence-electron chi connectivity index (χ3n) is 9.01. The Morgan fingerprint density at radius 3 is 2.80 bits per heavy atom. The molecule has 1 heterocycles. The second-order valence-electron chi connectivity index (χ2n) is 11.3. The molecule has 3 N–H and O–H groups in total. The molecular weight excluding hydrogens is 779 g/mol. The van der Waals surface area contributed by atoms with Crippen molar-refractivity contribution in [3.05, 3.63) is 35.4 Å². The molecule has 2 aromatic rings. The van der Waals surface area contributed by atoms with Gasteiger partial charge in [-0.3, -0.25) is 14.6 Å². The van der Waals surface area contributed by atoms with Crippen LogP contribution in [-0.2, 0) is 20.6 Å². The monoisotopic (exact) mass is 813 g/mol. The van der Waals surface area contributed by atoms with Gasteiger partial charge in [0, 0.05) is 22.9 Å². The van der Waals surface area contributed by atoms with Crippen molar-refractivity contribution in [1.82, 2.24) is 4.98 Å². The van der Waals surface area contributed by atoms with Crippen molar-refractivity contribution < 1.29 is 28.5 Å². The number of amides is 1. The number of hydrogen-bond donors (Lipinski definition) is 3. The highest BCUT2D eigenvalue weighted by Gasteiger charge is 2.57. The normalized spacial score (nSPS) is 28.5. The first-order valence-corrected chi connectivity index (χ1v) is 18.0. The van der Waals surface area contributed by atoms with Gasteiger partial charge in [-0.15, -0.1) is 11.3 Å². The van der Waals surface area contributed by atoms with Crippen LogP contribution in [0.5, 0.6) is 5.75 Å². The molecule has 13 heteroatoms. The van der Waals surface area contributed by atoms with Crippen LogP contribution in [0.2, 0.25) is 0 Å². The van der Waals surface area contributed by atoms with E-state index >= 15 is 0 Å². The number of carbonyl (C=O) groups excluding carboxylic acids is 1. The third-order valence-corrected chi connectivity index (χ3v) is 12.2. The molecule has 1 amide bonds. The summed E-state index contributed by atoms with van der Waals surface area (Å²) in [6, 6.07) is 2.08. The van der Waals surface area contributed by atoms with Crippen LogP contribution in [0.4, 0.5) is 5.13 Å². The number of benzene rings is 1. The molecule has 0 spiro atoms. The van der Waals surface area contributed by atoms with Crippen LogP contribution in [-0.4, -0.2) is 33.5 Å². The van der Waals surface area contributed by atoms with Crippen LogP contribution in [0.1, 0.15) is 73.8 Å². The lowest BCUT2D eigenvalue weighted by molar-refractivity contribution is -0.116. The van der Waals surface area contributed by atoms with E-state index in [-0.39, 0.29) is 17.1 Å². The quantitative estimate of drug-likeness (QED) is 0.148. The van der Waals surface area contributed by atoms with Crippen LogP contribution < -0.4 is 9.84 Å². The molecule has 3 aliphatic rings. The maximum absolute atomic E-state index is 12.6. The minimum absolute atomic E-state index is 0.00600. The lowest BCUT2D eigenvalue weighted by Crippen LogP contribution is -2.44. The first-order valence-electron chi connectivity index (χ1n) is 13.5. The number of aromatic nitrogens is 1. The van der Waals surface area contributed by atoms with Gasteiger partial charge in [0.15, 0.2) is 10.9 Å². The van der Waals surface area contributed by atoms with E-state index in [1.165, 1.54) is 16.9 Å². The van der Waals surface area contributed by atoms with E-state index < -0.39 is 7.82 Å². The minimum Gasteiger partial charge on any atom is -0.402 e. The van der Waals surface area contributed by atoms with Gasteiger partial charge in [-0.25, -0.2) is 9.55 Å². The zero-order valence-electron chi connectivity index (χ0n) is 22.7. The van der Waals surface area contributed by atoms with Crippen molar-refractivity contribution in [3.63, 3.8) is 0 Å². The molecule has 3 aliphatic carbocycles. The van der Waals surface area contributed by atoms with Crippen LogP contribution in [0.3, 0.4) is 0 Å². The summed E-state index contributed by atoms with van der Waals surface area (Å²) in [4.78, 5) is 42.1. The van der Waals surface area contributed by atoms with Gasteiger partial charge in [-0.05, 0) is 138 Å². The number of anilines is 1. The Morgan fingerprint density at radius 1 is 1.35 bits per heavy atom. The molecule has 40 heavy (non-hydrogen) atoms. The molecule has 0 bridgehead atoms. The van der Waals surface area contributed by atoms with Crippen molar-refractivity contribution in [1.29, 1.82) is 0 Å². The average Bonchev–Trinajstić information content (AvgIpc) is 3.41. The van der Waals surface area contributed by atoms with Crippen LogP contribution in [0.15, 0.2) is 17.4 Å². The van der Waals surface area contributed by atoms with Crippen LogP contribution in [0.25, 0.3) is 0 Å². The molecule has 5 rings (SSSR count). The second kappa shape index (κ2) is 12.1. The van der Waals surface area contributed by atoms with Gasteiger partial charge in [0.25, 0.3) is 0 Å². The number of fused-ring (bicyclic) bond motifs is 5. The van der Waals surface area contributed by atoms with Gasteiger partial charge in [-0.2, -0.15) is 0 Å². The van der Waals surface area contributed by atoms with E-state index in [0.717, 1.165) is 68.2 Å². The molecule has 0 radical (unpaired) electrons. The van der Waals surface area contributed by atoms with Crippen LogP contribution >= 0.6 is 64.3 Å². The molecule has 2 fully saturated rings.